The first-order chi connectivity index (χ1) is 7.10. The van der Waals surface area contributed by atoms with E-state index in [1.807, 2.05) is 12.1 Å². The molecule has 2 heteroatoms. The van der Waals surface area contributed by atoms with Crippen molar-refractivity contribution >= 4 is 0 Å². The Bertz CT molecular complexity index is 304. The number of hydrogen-bond acceptors (Lipinski definition) is 2. The first kappa shape index (κ1) is 10.7. The Morgan fingerprint density at radius 2 is 2.33 bits per heavy atom. The minimum Gasteiger partial charge on any atom is -0.469 e. The standard InChI is InChI=1S/C13H20O2/c1-10-5-6-13(14,11(2)8-10)9-12-4-3-7-15-12/h3-4,7,10-11,14H,5-6,8-9H2,1-2H3. The molecule has 2 nitrogen and oxygen atoms in total. The SMILES string of the molecule is CC1CCC(O)(Cc2ccco2)C(C)C1. The number of hydrogen-bond donors (Lipinski definition) is 1. The average Bonchev–Trinajstić information content (AvgIpc) is 2.65. The highest BCUT2D eigenvalue weighted by Crippen LogP contribution is 2.38. The lowest BCUT2D eigenvalue weighted by Gasteiger charge is -2.40. The predicted molar refractivity (Wildman–Crippen MR) is 59.5 cm³/mol. The van der Waals surface area contributed by atoms with Crippen molar-refractivity contribution in [3.8, 4) is 0 Å². The molecule has 0 amide bonds. The minimum atomic E-state index is -0.551. The van der Waals surface area contributed by atoms with Gasteiger partial charge in [0.05, 0.1) is 11.9 Å². The zero-order chi connectivity index (χ0) is 10.9. The van der Waals surface area contributed by atoms with Crippen LogP contribution in [0.3, 0.4) is 0 Å². The second-order valence-electron chi connectivity index (χ2n) is 5.14. The van der Waals surface area contributed by atoms with E-state index >= 15 is 0 Å². The third kappa shape index (κ3) is 2.25. The van der Waals surface area contributed by atoms with E-state index in [2.05, 4.69) is 13.8 Å². The minimum absolute atomic E-state index is 0.367. The lowest BCUT2D eigenvalue weighted by Crippen LogP contribution is -2.43. The molecule has 1 aromatic rings. The Hall–Kier alpha value is -0.760. The molecular formula is C13H20O2. The quantitative estimate of drug-likeness (QED) is 0.810. The van der Waals surface area contributed by atoms with Gasteiger partial charge in [-0.1, -0.05) is 13.8 Å². The summed E-state index contributed by atoms with van der Waals surface area (Å²) in [5.41, 5.74) is -0.551. The van der Waals surface area contributed by atoms with Crippen LogP contribution >= 0.6 is 0 Å². The summed E-state index contributed by atoms with van der Waals surface area (Å²) >= 11 is 0. The molecule has 1 N–H and O–H groups in total. The van der Waals surface area contributed by atoms with Crippen LogP contribution in [0, 0.1) is 11.8 Å². The number of furan rings is 1. The molecule has 1 aromatic heterocycles. The van der Waals surface area contributed by atoms with Gasteiger partial charge in [0.25, 0.3) is 0 Å². The van der Waals surface area contributed by atoms with Crippen LogP contribution in [-0.2, 0) is 6.42 Å². The normalized spacial score (nSPS) is 36.7. The van der Waals surface area contributed by atoms with E-state index in [4.69, 9.17) is 4.42 Å². The van der Waals surface area contributed by atoms with Gasteiger partial charge in [0.15, 0.2) is 0 Å². The predicted octanol–water partition coefficient (Wildman–Crippen LogP) is 3.01. The lowest BCUT2D eigenvalue weighted by molar-refractivity contribution is -0.0553. The molecule has 1 heterocycles. The van der Waals surface area contributed by atoms with Gasteiger partial charge in [-0.3, -0.25) is 0 Å². The second kappa shape index (κ2) is 4.01. The van der Waals surface area contributed by atoms with Gasteiger partial charge < -0.3 is 9.52 Å². The van der Waals surface area contributed by atoms with Gasteiger partial charge in [-0.15, -0.1) is 0 Å². The van der Waals surface area contributed by atoms with Crippen molar-refractivity contribution < 1.29 is 9.52 Å². The molecule has 1 aliphatic rings. The molecule has 0 bridgehead atoms. The maximum absolute atomic E-state index is 10.6. The summed E-state index contributed by atoms with van der Waals surface area (Å²) in [6.07, 6.45) is 5.48. The van der Waals surface area contributed by atoms with Crippen LogP contribution in [0.15, 0.2) is 22.8 Å². The molecule has 3 unspecified atom stereocenters. The lowest BCUT2D eigenvalue weighted by atomic mass is 9.70. The van der Waals surface area contributed by atoms with Crippen LogP contribution in [0.2, 0.25) is 0 Å². The molecule has 0 aliphatic heterocycles. The third-order valence-corrected chi connectivity index (χ3v) is 3.80. The van der Waals surface area contributed by atoms with Crippen molar-refractivity contribution in [2.24, 2.45) is 11.8 Å². The van der Waals surface area contributed by atoms with Crippen molar-refractivity contribution in [1.82, 2.24) is 0 Å². The Labute approximate surface area is 91.3 Å². The Morgan fingerprint density at radius 1 is 1.53 bits per heavy atom. The van der Waals surface area contributed by atoms with E-state index < -0.39 is 5.60 Å². The van der Waals surface area contributed by atoms with E-state index in [0.717, 1.165) is 30.9 Å². The van der Waals surface area contributed by atoms with Crippen LogP contribution in [0.5, 0.6) is 0 Å². The van der Waals surface area contributed by atoms with E-state index in [9.17, 15) is 5.11 Å². The van der Waals surface area contributed by atoms with Gasteiger partial charge >= 0.3 is 0 Å². The molecule has 3 atom stereocenters. The zero-order valence-electron chi connectivity index (χ0n) is 9.57. The van der Waals surface area contributed by atoms with Crippen LogP contribution < -0.4 is 0 Å². The monoisotopic (exact) mass is 208 g/mol. The summed E-state index contributed by atoms with van der Waals surface area (Å²) in [6.45, 7) is 4.42. The third-order valence-electron chi connectivity index (χ3n) is 3.80. The molecule has 1 aliphatic carbocycles. The largest absolute Gasteiger partial charge is 0.469 e. The highest BCUT2D eigenvalue weighted by atomic mass is 16.3. The Morgan fingerprint density at radius 3 is 2.93 bits per heavy atom. The van der Waals surface area contributed by atoms with E-state index in [1.54, 1.807) is 6.26 Å². The summed E-state index contributed by atoms with van der Waals surface area (Å²) < 4.78 is 5.32. The number of aliphatic hydroxyl groups is 1. The summed E-state index contributed by atoms with van der Waals surface area (Å²) in [5, 5.41) is 10.6. The molecule has 0 radical (unpaired) electrons. The highest BCUT2D eigenvalue weighted by molar-refractivity contribution is 5.05. The molecule has 1 fully saturated rings. The summed E-state index contributed by atoms with van der Waals surface area (Å²) in [7, 11) is 0. The Balaban J connectivity index is 2.06. The molecule has 84 valence electrons. The van der Waals surface area contributed by atoms with Gasteiger partial charge in [0.2, 0.25) is 0 Å². The van der Waals surface area contributed by atoms with Crippen LogP contribution in [0.25, 0.3) is 0 Å². The molecule has 1 saturated carbocycles. The van der Waals surface area contributed by atoms with Gasteiger partial charge in [0.1, 0.15) is 5.76 Å². The van der Waals surface area contributed by atoms with Crippen molar-refractivity contribution in [3.63, 3.8) is 0 Å². The van der Waals surface area contributed by atoms with Crippen molar-refractivity contribution in [2.75, 3.05) is 0 Å². The van der Waals surface area contributed by atoms with E-state index in [-0.39, 0.29) is 0 Å². The van der Waals surface area contributed by atoms with E-state index in [0.29, 0.717) is 12.3 Å². The maximum atomic E-state index is 10.6. The fourth-order valence-electron chi connectivity index (χ4n) is 2.66. The first-order valence-electron chi connectivity index (χ1n) is 5.85. The highest BCUT2D eigenvalue weighted by Gasteiger charge is 2.38. The van der Waals surface area contributed by atoms with E-state index in [1.165, 1.54) is 0 Å². The maximum Gasteiger partial charge on any atom is 0.106 e. The van der Waals surface area contributed by atoms with Crippen molar-refractivity contribution in [2.45, 2.75) is 45.1 Å². The molecule has 0 spiro atoms. The van der Waals surface area contributed by atoms with Crippen LogP contribution in [0.1, 0.15) is 38.9 Å². The Kier molecular flexibility index (Phi) is 2.87. The zero-order valence-corrected chi connectivity index (χ0v) is 9.57. The molecule has 2 rings (SSSR count). The molecule has 0 saturated heterocycles. The van der Waals surface area contributed by atoms with Gasteiger partial charge in [0, 0.05) is 6.42 Å². The summed E-state index contributed by atoms with van der Waals surface area (Å²) in [6, 6.07) is 3.83. The van der Waals surface area contributed by atoms with Crippen molar-refractivity contribution in [3.05, 3.63) is 24.2 Å². The van der Waals surface area contributed by atoms with Crippen molar-refractivity contribution in [1.29, 1.82) is 0 Å². The summed E-state index contributed by atoms with van der Waals surface area (Å²) in [4.78, 5) is 0. The van der Waals surface area contributed by atoms with Gasteiger partial charge in [-0.05, 0) is 43.2 Å². The molecular weight excluding hydrogens is 188 g/mol. The number of rotatable bonds is 2. The smallest absolute Gasteiger partial charge is 0.106 e. The summed E-state index contributed by atoms with van der Waals surface area (Å²) in [5.74, 6) is 2.02. The van der Waals surface area contributed by atoms with Crippen LogP contribution in [-0.4, -0.2) is 10.7 Å². The second-order valence-corrected chi connectivity index (χ2v) is 5.14. The fraction of sp³-hybridized carbons (Fsp3) is 0.692. The van der Waals surface area contributed by atoms with Crippen LogP contribution in [0.4, 0.5) is 0 Å². The fourth-order valence-corrected chi connectivity index (χ4v) is 2.66. The van der Waals surface area contributed by atoms with Gasteiger partial charge in [-0.2, -0.15) is 0 Å². The molecule has 15 heavy (non-hydrogen) atoms. The average molecular weight is 208 g/mol. The first-order valence-corrected chi connectivity index (χ1v) is 5.85. The topological polar surface area (TPSA) is 33.4 Å². The molecule has 0 aromatic carbocycles. The van der Waals surface area contributed by atoms with Gasteiger partial charge in [-0.25, -0.2) is 0 Å².